The molecule has 0 saturated heterocycles. The van der Waals surface area contributed by atoms with Crippen LogP contribution in [0.15, 0.2) is 54.9 Å². The summed E-state index contributed by atoms with van der Waals surface area (Å²) in [5.74, 6) is 3.04. The van der Waals surface area contributed by atoms with E-state index in [1.165, 1.54) is 19.3 Å². The summed E-state index contributed by atoms with van der Waals surface area (Å²) >= 11 is 0. The molecule has 30 heavy (non-hydrogen) atoms. The SMILES string of the molecule is O=C(NC12CC3CC(CC(C3)C1)C2)c1ccccc1OCc1cn2ccccc2n1. The van der Waals surface area contributed by atoms with Gasteiger partial charge in [-0.2, -0.15) is 0 Å². The van der Waals surface area contributed by atoms with Gasteiger partial charge in [0.2, 0.25) is 0 Å². The van der Waals surface area contributed by atoms with Crippen molar-refractivity contribution in [3.05, 3.63) is 66.1 Å². The third-order valence-corrected chi connectivity index (χ3v) is 7.34. The number of hydrogen-bond donors (Lipinski definition) is 1. The molecule has 0 spiro atoms. The van der Waals surface area contributed by atoms with Crippen molar-refractivity contribution >= 4 is 11.6 Å². The van der Waals surface area contributed by atoms with Gasteiger partial charge in [0, 0.05) is 17.9 Å². The van der Waals surface area contributed by atoms with Gasteiger partial charge in [0.05, 0.1) is 11.3 Å². The van der Waals surface area contributed by atoms with E-state index in [2.05, 4.69) is 10.3 Å². The number of nitrogens with one attached hydrogen (secondary N) is 1. The van der Waals surface area contributed by atoms with E-state index in [4.69, 9.17) is 4.74 Å². The summed E-state index contributed by atoms with van der Waals surface area (Å²) in [6.07, 6.45) is 11.5. The van der Waals surface area contributed by atoms with Gasteiger partial charge in [-0.25, -0.2) is 4.98 Å². The number of fused-ring (bicyclic) bond motifs is 1. The molecule has 7 rings (SSSR count). The standard InChI is InChI=1S/C25H27N3O2/c29-24(27-25-12-17-9-18(13-25)11-19(10-17)14-25)21-5-1-2-6-22(21)30-16-20-15-28-8-4-3-7-23(28)26-20/h1-8,15,17-19H,9-14,16H2,(H,27,29). The fraction of sp³-hybridized carbons (Fsp3) is 0.440. The first kappa shape index (κ1) is 18.0. The molecule has 1 amide bonds. The highest BCUT2D eigenvalue weighted by Crippen LogP contribution is 2.55. The highest BCUT2D eigenvalue weighted by Gasteiger charge is 2.51. The fourth-order valence-corrected chi connectivity index (χ4v) is 6.56. The Hall–Kier alpha value is -2.82. The van der Waals surface area contributed by atoms with E-state index in [1.807, 2.05) is 59.3 Å². The molecular weight excluding hydrogens is 374 g/mol. The zero-order valence-corrected chi connectivity index (χ0v) is 17.1. The van der Waals surface area contributed by atoms with Crippen molar-refractivity contribution in [2.45, 2.75) is 50.7 Å². The van der Waals surface area contributed by atoms with E-state index < -0.39 is 0 Å². The molecule has 2 aromatic heterocycles. The smallest absolute Gasteiger partial charge is 0.255 e. The molecule has 5 heteroatoms. The number of carbonyl (C=O) groups excluding carboxylic acids is 1. The molecule has 0 radical (unpaired) electrons. The molecule has 154 valence electrons. The average Bonchev–Trinajstić information content (AvgIpc) is 3.14. The molecule has 4 aliphatic rings. The van der Waals surface area contributed by atoms with Crippen LogP contribution in [-0.2, 0) is 6.61 Å². The quantitative estimate of drug-likeness (QED) is 0.679. The zero-order valence-electron chi connectivity index (χ0n) is 17.1. The summed E-state index contributed by atoms with van der Waals surface area (Å²) in [6.45, 7) is 0.337. The molecule has 2 heterocycles. The molecule has 0 unspecified atom stereocenters. The lowest BCUT2D eigenvalue weighted by atomic mass is 9.53. The van der Waals surface area contributed by atoms with Crippen LogP contribution in [0.25, 0.3) is 5.65 Å². The van der Waals surface area contributed by atoms with Gasteiger partial charge in [0.1, 0.15) is 18.0 Å². The first-order valence-corrected chi connectivity index (χ1v) is 11.1. The van der Waals surface area contributed by atoms with Crippen LogP contribution in [0, 0.1) is 17.8 Å². The number of carbonyl (C=O) groups is 1. The molecule has 4 saturated carbocycles. The second-order valence-corrected chi connectivity index (χ2v) is 9.64. The van der Waals surface area contributed by atoms with E-state index in [1.54, 1.807) is 0 Å². The summed E-state index contributed by atoms with van der Waals surface area (Å²) in [5.41, 5.74) is 2.36. The van der Waals surface area contributed by atoms with E-state index in [0.717, 1.165) is 48.4 Å². The van der Waals surface area contributed by atoms with Crippen LogP contribution < -0.4 is 10.1 Å². The van der Waals surface area contributed by atoms with Gasteiger partial charge in [0.25, 0.3) is 5.91 Å². The van der Waals surface area contributed by atoms with Crippen molar-refractivity contribution in [1.29, 1.82) is 0 Å². The van der Waals surface area contributed by atoms with Crippen molar-refractivity contribution in [1.82, 2.24) is 14.7 Å². The van der Waals surface area contributed by atoms with E-state index in [9.17, 15) is 4.79 Å². The topological polar surface area (TPSA) is 55.6 Å². The molecule has 0 atom stereocenters. The molecule has 0 aliphatic heterocycles. The van der Waals surface area contributed by atoms with Crippen molar-refractivity contribution in [2.75, 3.05) is 0 Å². The molecule has 4 aliphatic carbocycles. The zero-order chi connectivity index (χ0) is 20.1. The van der Waals surface area contributed by atoms with Crippen LogP contribution in [0.4, 0.5) is 0 Å². The predicted octanol–water partition coefficient (Wildman–Crippen LogP) is 4.61. The number of hydrogen-bond acceptors (Lipinski definition) is 3. The number of nitrogens with zero attached hydrogens (tertiary/aromatic N) is 2. The maximum absolute atomic E-state index is 13.3. The summed E-state index contributed by atoms with van der Waals surface area (Å²) in [6, 6.07) is 13.5. The molecule has 1 aromatic carbocycles. The molecule has 4 fully saturated rings. The Kier molecular flexibility index (Phi) is 4.12. The van der Waals surface area contributed by atoms with Crippen LogP contribution in [-0.4, -0.2) is 20.8 Å². The maximum Gasteiger partial charge on any atom is 0.255 e. The molecule has 4 bridgehead atoms. The largest absolute Gasteiger partial charge is 0.486 e. The Labute approximate surface area is 176 Å². The van der Waals surface area contributed by atoms with Crippen molar-refractivity contribution < 1.29 is 9.53 Å². The van der Waals surface area contributed by atoms with Crippen molar-refractivity contribution in [2.24, 2.45) is 17.8 Å². The van der Waals surface area contributed by atoms with Crippen LogP contribution in [0.3, 0.4) is 0 Å². The fourth-order valence-electron chi connectivity index (χ4n) is 6.56. The number of imidazole rings is 1. The Bertz CT molecular complexity index is 1030. The van der Waals surface area contributed by atoms with Gasteiger partial charge >= 0.3 is 0 Å². The lowest BCUT2D eigenvalue weighted by molar-refractivity contribution is -0.0167. The third kappa shape index (κ3) is 3.17. The lowest BCUT2D eigenvalue weighted by Gasteiger charge is -2.56. The Balaban J connectivity index is 1.19. The number of pyridine rings is 1. The van der Waals surface area contributed by atoms with Gasteiger partial charge in [-0.05, 0) is 80.5 Å². The number of ether oxygens (including phenoxy) is 1. The summed E-state index contributed by atoms with van der Waals surface area (Å²) in [7, 11) is 0. The number of aromatic nitrogens is 2. The Morgan fingerprint density at radius 1 is 1.03 bits per heavy atom. The van der Waals surface area contributed by atoms with Crippen LogP contribution in [0.1, 0.15) is 54.6 Å². The minimum absolute atomic E-state index is 0.000538. The minimum atomic E-state index is 0.000538. The molecule has 5 nitrogen and oxygen atoms in total. The van der Waals surface area contributed by atoms with Crippen molar-refractivity contribution in [3.63, 3.8) is 0 Å². The van der Waals surface area contributed by atoms with E-state index in [-0.39, 0.29) is 11.4 Å². The maximum atomic E-state index is 13.3. The van der Waals surface area contributed by atoms with Gasteiger partial charge in [-0.15, -0.1) is 0 Å². The number of benzene rings is 1. The Morgan fingerprint density at radius 2 is 1.73 bits per heavy atom. The first-order valence-electron chi connectivity index (χ1n) is 11.1. The van der Waals surface area contributed by atoms with Crippen LogP contribution in [0.2, 0.25) is 0 Å². The molecule has 1 N–H and O–H groups in total. The van der Waals surface area contributed by atoms with Crippen LogP contribution >= 0.6 is 0 Å². The number of rotatable bonds is 5. The van der Waals surface area contributed by atoms with Gasteiger partial charge < -0.3 is 14.5 Å². The monoisotopic (exact) mass is 401 g/mol. The second-order valence-electron chi connectivity index (χ2n) is 9.64. The highest BCUT2D eigenvalue weighted by atomic mass is 16.5. The van der Waals surface area contributed by atoms with Gasteiger partial charge in [-0.1, -0.05) is 18.2 Å². The number of para-hydroxylation sites is 1. The first-order chi connectivity index (χ1) is 14.7. The summed E-state index contributed by atoms with van der Waals surface area (Å²) < 4.78 is 8.03. The highest BCUT2D eigenvalue weighted by molar-refractivity contribution is 5.97. The van der Waals surface area contributed by atoms with Crippen LogP contribution in [0.5, 0.6) is 5.75 Å². The normalized spacial score (nSPS) is 29.3. The lowest BCUT2D eigenvalue weighted by Crippen LogP contribution is -2.59. The third-order valence-electron chi connectivity index (χ3n) is 7.34. The predicted molar refractivity (Wildman–Crippen MR) is 114 cm³/mol. The summed E-state index contributed by atoms with van der Waals surface area (Å²) in [4.78, 5) is 17.9. The molecular formula is C25H27N3O2. The van der Waals surface area contributed by atoms with Crippen molar-refractivity contribution in [3.8, 4) is 5.75 Å². The Morgan fingerprint density at radius 3 is 2.47 bits per heavy atom. The van der Waals surface area contributed by atoms with Gasteiger partial charge in [-0.3, -0.25) is 4.79 Å². The van der Waals surface area contributed by atoms with E-state index in [0.29, 0.717) is 17.9 Å². The molecule has 3 aromatic rings. The van der Waals surface area contributed by atoms with E-state index >= 15 is 0 Å². The average molecular weight is 402 g/mol. The second kappa shape index (κ2) is 6.86. The van der Waals surface area contributed by atoms with Gasteiger partial charge in [0.15, 0.2) is 0 Å². The minimum Gasteiger partial charge on any atom is -0.486 e. The number of amides is 1. The summed E-state index contributed by atoms with van der Waals surface area (Å²) in [5, 5.41) is 3.46.